The molecule has 0 aliphatic carbocycles. The Morgan fingerprint density at radius 3 is 2.47 bits per heavy atom. The third kappa shape index (κ3) is 3.21. The second-order valence-electron chi connectivity index (χ2n) is 4.76. The Morgan fingerprint density at radius 2 is 1.93 bits per heavy atom. The lowest BCUT2D eigenvalue weighted by molar-refractivity contribution is 0.417. The molecule has 4 nitrogen and oxygen atoms in total. The normalized spacial score (nSPS) is 10.9. The Labute approximate surface area is 90.6 Å². The van der Waals surface area contributed by atoms with Gasteiger partial charge in [0.15, 0.2) is 11.5 Å². The molecule has 1 rings (SSSR count). The lowest BCUT2D eigenvalue weighted by Crippen LogP contribution is -2.30. The molecule has 0 bridgehead atoms. The van der Waals surface area contributed by atoms with E-state index in [1.165, 1.54) is 6.20 Å². The highest BCUT2D eigenvalue weighted by atomic mass is 15.2. The number of nitrogens with zero attached hydrogens (tertiary/aromatic N) is 4. The molecular weight excluding hydrogens is 188 g/mol. The molecule has 0 N–H and O–H groups in total. The largest absolute Gasteiger partial charge is 0.357 e. The van der Waals surface area contributed by atoms with Crippen molar-refractivity contribution in [2.45, 2.75) is 20.8 Å². The first-order chi connectivity index (χ1) is 6.94. The van der Waals surface area contributed by atoms with Crippen molar-refractivity contribution in [3.05, 3.63) is 18.1 Å². The average Bonchev–Trinajstić information content (AvgIpc) is 2.15. The van der Waals surface area contributed by atoms with Gasteiger partial charge in [0, 0.05) is 26.0 Å². The second kappa shape index (κ2) is 4.26. The van der Waals surface area contributed by atoms with Crippen molar-refractivity contribution in [2.24, 2.45) is 5.41 Å². The Hall–Kier alpha value is -1.63. The highest BCUT2D eigenvalue weighted by Gasteiger charge is 2.17. The van der Waals surface area contributed by atoms with Crippen LogP contribution < -0.4 is 4.90 Å². The van der Waals surface area contributed by atoms with Gasteiger partial charge in [0.05, 0.1) is 0 Å². The van der Waals surface area contributed by atoms with Gasteiger partial charge in [0.1, 0.15) is 6.07 Å². The van der Waals surface area contributed by atoms with Crippen molar-refractivity contribution in [3.8, 4) is 6.07 Å². The summed E-state index contributed by atoms with van der Waals surface area (Å²) in [5.74, 6) is 0.648. The van der Waals surface area contributed by atoms with Crippen LogP contribution in [0.25, 0.3) is 0 Å². The molecule has 0 atom stereocenters. The zero-order valence-electron chi connectivity index (χ0n) is 9.65. The molecule has 0 fully saturated rings. The van der Waals surface area contributed by atoms with Gasteiger partial charge in [-0.05, 0) is 5.41 Å². The Balaban J connectivity index is 2.92. The molecule has 0 aliphatic rings. The molecule has 1 aromatic heterocycles. The maximum atomic E-state index is 8.89. The zero-order valence-corrected chi connectivity index (χ0v) is 9.65. The highest BCUT2D eigenvalue weighted by Crippen LogP contribution is 2.19. The van der Waals surface area contributed by atoms with Gasteiger partial charge in [-0.25, -0.2) is 9.97 Å². The van der Waals surface area contributed by atoms with E-state index in [9.17, 15) is 0 Å². The third-order valence-corrected chi connectivity index (χ3v) is 1.86. The quantitative estimate of drug-likeness (QED) is 0.737. The van der Waals surface area contributed by atoms with Crippen LogP contribution in [0.2, 0.25) is 0 Å². The number of hydrogen-bond acceptors (Lipinski definition) is 4. The van der Waals surface area contributed by atoms with E-state index in [-0.39, 0.29) is 5.41 Å². The van der Waals surface area contributed by atoms with Gasteiger partial charge >= 0.3 is 0 Å². The Bertz CT molecular complexity index is 373. The number of hydrogen-bond donors (Lipinski definition) is 0. The van der Waals surface area contributed by atoms with E-state index >= 15 is 0 Å². The first-order valence-corrected chi connectivity index (χ1v) is 4.86. The summed E-state index contributed by atoms with van der Waals surface area (Å²) in [6.07, 6.45) is 3.14. The molecule has 4 heteroatoms. The lowest BCUT2D eigenvalue weighted by atomic mass is 9.96. The molecule has 0 aliphatic heterocycles. The minimum absolute atomic E-state index is 0.166. The van der Waals surface area contributed by atoms with E-state index < -0.39 is 0 Å². The Morgan fingerprint density at radius 1 is 1.33 bits per heavy atom. The molecule has 15 heavy (non-hydrogen) atoms. The van der Waals surface area contributed by atoms with Crippen molar-refractivity contribution in [3.63, 3.8) is 0 Å². The van der Waals surface area contributed by atoms with Gasteiger partial charge in [-0.15, -0.1) is 0 Å². The maximum Gasteiger partial charge on any atom is 0.183 e. The van der Waals surface area contributed by atoms with E-state index in [0.29, 0.717) is 11.5 Å². The summed E-state index contributed by atoms with van der Waals surface area (Å²) in [5, 5.41) is 8.89. The van der Waals surface area contributed by atoms with Gasteiger partial charge in [0.2, 0.25) is 0 Å². The molecule has 0 unspecified atom stereocenters. The van der Waals surface area contributed by atoms with Crippen LogP contribution in [0.3, 0.4) is 0 Å². The van der Waals surface area contributed by atoms with Crippen LogP contribution in [-0.2, 0) is 0 Å². The van der Waals surface area contributed by atoms with Gasteiger partial charge in [-0.1, -0.05) is 20.8 Å². The minimum Gasteiger partial charge on any atom is -0.357 e. The van der Waals surface area contributed by atoms with Crippen LogP contribution in [0.4, 0.5) is 5.82 Å². The van der Waals surface area contributed by atoms with Gasteiger partial charge < -0.3 is 4.90 Å². The first kappa shape index (κ1) is 11.4. The topological polar surface area (TPSA) is 52.8 Å². The molecule has 0 amide bonds. The molecule has 1 aromatic rings. The number of aromatic nitrogens is 2. The molecule has 80 valence electrons. The Kier molecular flexibility index (Phi) is 3.25. The molecule has 0 spiro atoms. The van der Waals surface area contributed by atoms with Crippen LogP contribution in [0.1, 0.15) is 26.5 Å². The minimum atomic E-state index is 0.166. The van der Waals surface area contributed by atoms with Gasteiger partial charge in [-0.3, -0.25) is 0 Å². The van der Waals surface area contributed by atoms with Crippen LogP contribution in [0.5, 0.6) is 0 Å². The monoisotopic (exact) mass is 204 g/mol. The van der Waals surface area contributed by atoms with Crippen LogP contribution in [0.15, 0.2) is 12.4 Å². The van der Waals surface area contributed by atoms with Crippen LogP contribution >= 0.6 is 0 Å². The summed E-state index contributed by atoms with van der Waals surface area (Å²) >= 11 is 0. The third-order valence-electron chi connectivity index (χ3n) is 1.86. The molecule has 1 heterocycles. The molecule has 0 radical (unpaired) electrons. The van der Waals surface area contributed by atoms with E-state index in [4.69, 9.17) is 5.26 Å². The lowest BCUT2D eigenvalue weighted by Gasteiger charge is -2.27. The van der Waals surface area contributed by atoms with Crippen molar-refractivity contribution < 1.29 is 0 Å². The predicted molar refractivity (Wildman–Crippen MR) is 59.5 cm³/mol. The standard InChI is InChI=1S/C11H16N4/c1-11(2,3)8-15(4)10-9(7-12)13-5-6-14-10/h5-6H,8H2,1-4H3. The second-order valence-corrected chi connectivity index (χ2v) is 4.76. The van der Waals surface area contributed by atoms with Crippen molar-refractivity contribution in [1.82, 2.24) is 9.97 Å². The summed E-state index contributed by atoms with van der Waals surface area (Å²) in [6.45, 7) is 7.27. The fourth-order valence-corrected chi connectivity index (χ4v) is 1.48. The number of rotatable bonds is 2. The first-order valence-electron chi connectivity index (χ1n) is 4.86. The maximum absolute atomic E-state index is 8.89. The summed E-state index contributed by atoms with van der Waals surface area (Å²) < 4.78 is 0. The smallest absolute Gasteiger partial charge is 0.183 e. The van der Waals surface area contributed by atoms with Gasteiger partial charge in [-0.2, -0.15) is 5.26 Å². The number of anilines is 1. The molecule has 0 saturated carbocycles. The number of nitriles is 1. The molecular formula is C11H16N4. The SMILES string of the molecule is CN(CC(C)(C)C)c1nccnc1C#N. The van der Waals surface area contributed by atoms with E-state index in [0.717, 1.165) is 6.54 Å². The van der Waals surface area contributed by atoms with Crippen molar-refractivity contribution in [1.29, 1.82) is 5.26 Å². The summed E-state index contributed by atoms with van der Waals surface area (Å²) in [5.41, 5.74) is 0.545. The summed E-state index contributed by atoms with van der Waals surface area (Å²) in [4.78, 5) is 10.1. The van der Waals surface area contributed by atoms with Crippen molar-refractivity contribution in [2.75, 3.05) is 18.5 Å². The highest BCUT2D eigenvalue weighted by molar-refractivity contribution is 5.48. The van der Waals surface area contributed by atoms with E-state index in [2.05, 4.69) is 30.7 Å². The van der Waals surface area contributed by atoms with E-state index in [1.54, 1.807) is 6.20 Å². The fraction of sp³-hybridized carbons (Fsp3) is 0.545. The van der Waals surface area contributed by atoms with Crippen LogP contribution in [0, 0.1) is 16.7 Å². The van der Waals surface area contributed by atoms with Gasteiger partial charge in [0.25, 0.3) is 0 Å². The molecule has 0 aromatic carbocycles. The fourth-order valence-electron chi connectivity index (χ4n) is 1.48. The average molecular weight is 204 g/mol. The summed E-state index contributed by atoms with van der Waals surface area (Å²) in [6, 6.07) is 2.05. The summed E-state index contributed by atoms with van der Waals surface area (Å²) in [7, 11) is 1.93. The molecule has 0 saturated heterocycles. The van der Waals surface area contributed by atoms with Crippen LogP contribution in [-0.4, -0.2) is 23.6 Å². The van der Waals surface area contributed by atoms with E-state index in [1.807, 2.05) is 18.0 Å². The van der Waals surface area contributed by atoms with Crippen molar-refractivity contribution >= 4 is 5.82 Å². The predicted octanol–water partition coefficient (Wildman–Crippen LogP) is 1.83. The zero-order chi connectivity index (χ0) is 11.5.